The molecular formula is C15H21ClFN. The van der Waals surface area contributed by atoms with Gasteiger partial charge in [0.1, 0.15) is 5.82 Å². The van der Waals surface area contributed by atoms with Crippen molar-refractivity contribution in [2.45, 2.75) is 51.0 Å². The summed E-state index contributed by atoms with van der Waals surface area (Å²) < 4.78 is 13.9. The van der Waals surface area contributed by atoms with E-state index in [-0.39, 0.29) is 16.4 Å². The predicted octanol–water partition coefficient (Wildman–Crippen LogP) is 4.32. The van der Waals surface area contributed by atoms with Crippen molar-refractivity contribution in [1.29, 1.82) is 0 Å². The molecule has 0 aromatic heterocycles. The Hall–Kier alpha value is -0.600. The maximum atomic E-state index is 13.9. The summed E-state index contributed by atoms with van der Waals surface area (Å²) in [7, 11) is 0. The summed E-state index contributed by atoms with van der Waals surface area (Å²) in [6.07, 6.45) is 6.05. The second-order valence-electron chi connectivity index (χ2n) is 5.79. The van der Waals surface area contributed by atoms with Gasteiger partial charge in [-0.15, -0.1) is 0 Å². The first-order valence-electron chi connectivity index (χ1n) is 6.72. The van der Waals surface area contributed by atoms with Crippen molar-refractivity contribution in [3.8, 4) is 0 Å². The zero-order valence-electron chi connectivity index (χ0n) is 10.9. The van der Waals surface area contributed by atoms with Crippen molar-refractivity contribution in [2.75, 3.05) is 0 Å². The molecule has 2 unspecified atom stereocenters. The molecule has 2 N–H and O–H groups in total. The molecule has 0 amide bonds. The van der Waals surface area contributed by atoms with E-state index in [1.54, 1.807) is 18.2 Å². The smallest absolute Gasteiger partial charge is 0.145 e. The molecule has 1 aromatic rings. The van der Waals surface area contributed by atoms with Gasteiger partial charge in [-0.2, -0.15) is 0 Å². The molecule has 1 aliphatic carbocycles. The number of halogens is 2. The standard InChI is InChI=1S/C15H21ClFN/c1-11-4-3-8-15(18,9-7-11)10-12-5-2-6-13(16)14(12)17/h2,5-6,11H,3-4,7-10,18H2,1H3. The van der Waals surface area contributed by atoms with E-state index in [0.717, 1.165) is 31.6 Å². The summed E-state index contributed by atoms with van der Waals surface area (Å²) in [5.41, 5.74) is 6.85. The van der Waals surface area contributed by atoms with Crippen molar-refractivity contribution in [3.63, 3.8) is 0 Å². The van der Waals surface area contributed by atoms with E-state index < -0.39 is 0 Å². The van der Waals surface area contributed by atoms with E-state index in [4.69, 9.17) is 17.3 Å². The third kappa shape index (κ3) is 3.24. The van der Waals surface area contributed by atoms with Crippen LogP contribution in [0.5, 0.6) is 0 Å². The Balaban J connectivity index is 2.14. The third-order valence-corrected chi connectivity index (χ3v) is 4.37. The van der Waals surface area contributed by atoms with Crippen LogP contribution in [0.3, 0.4) is 0 Å². The lowest BCUT2D eigenvalue weighted by atomic mass is 9.84. The highest BCUT2D eigenvalue weighted by Crippen LogP contribution is 2.32. The maximum absolute atomic E-state index is 13.9. The van der Waals surface area contributed by atoms with Crippen LogP contribution >= 0.6 is 11.6 Å². The minimum Gasteiger partial charge on any atom is -0.325 e. The van der Waals surface area contributed by atoms with Crippen LogP contribution in [0.25, 0.3) is 0 Å². The Kier molecular flexibility index (Phi) is 4.29. The largest absolute Gasteiger partial charge is 0.325 e. The molecule has 1 nitrogen and oxygen atoms in total. The van der Waals surface area contributed by atoms with Crippen LogP contribution in [-0.2, 0) is 6.42 Å². The van der Waals surface area contributed by atoms with Gasteiger partial charge in [-0.05, 0) is 43.2 Å². The molecule has 1 saturated carbocycles. The second-order valence-corrected chi connectivity index (χ2v) is 6.20. The van der Waals surface area contributed by atoms with E-state index in [0.29, 0.717) is 12.0 Å². The number of nitrogens with two attached hydrogens (primary N) is 1. The summed E-state index contributed by atoms with van der Waals surface area (Å²) in [5, 5.41) is 0.193. The molecule has 0 saturated heterocycles. The summed E-state index contributed by atoms with van der Waals surface area (Å²) in [4.78, 5) is 0. The minimum absolute atomic E-state index is 0.193. The van der Waals surface area contributed by atoms with Gasteiger partial charge in [0, 0.05) is 5.54 Å². The van der Waals surface area contributed by atoms with Crippen molar-refractivity contribution in [1.82, 2.24) is 0 Å². The molecule has 0 radical (unpaired) electrons. The molecule has 0 bridgehead atoms. The molecule has 1 fully saturated rings. The monoisotopic (exact) mass is 269 g/mol. The molecule has 1 aromatic carbocycles. The molecule has 18 heavy (non-hydrogen) atoms. The van der Waals surface area contributed by atoms with Gasteiger partial charge in [-0.3, -0.25) is 0 Å². The molecule has 3 heteroatoms. The molecule has 0 heterocycles. The highest BCUT2D eigenvalue weighted by molar-refractivity contribution is 6.30. The van der Waals surface area contributed by atoms with Gasteiger partial charge in [0.2, 0.25) is 0 Å². The van der Waals surface area contributed by atoms with Crippen LogP contribution in [0.15, 0.2) is 18.2 Å². The van der Waals surface area contributed by atoms with Crippen molar-refractivity contribution in [3.05, 3.63) is 34.6 Å². The number of rotatable bonds is 2. The molecule has 100 valence electrons. The summed E-state index contributed by atoms with van der Waals surface area (Å²) in [5.74, 6) is 0.431. The second kappa shape index (κ2) is 5.58. The Morgan fingerprint density at radius 2 is 2.17 bits per heavy atom. The highest BCUT2D eigenvalue weighted by Gasteiger charge is 2.29. The Labute approximate surface area is 114 Å². The quantitative estimate of drug-likeness (QED) is 0.795. The molecule has 2 atom stereocenters. The fourth-order valence-corrected chi connectivity index (χ4v) is 3.04. The van der Waals surface area contributed by atoms with Gasteiger partial charge in [-0.1, -0.05) is 43.5 Å². The molecule has 0 aliphatic heterocycles. The first-order valence-corrected chi connectivity index (χ1v) is 7.10. The molecule has 0 spiro atoms. The summed E-state index contributed by atoms with van der Waals surface area (Å²) >= 11 is 5.82. The molecular weight excluding hydrogens is 249 g/mol. The van der Waals surface area contributed by atoms with Gasteiger partial charge < -0.3 is 5.73 Å². The topological polar surface area (TPSA) is 26.0 Å². The lowest BCUT2D eigenvalue weighted by molar-refractivity contribution is 0.358. The summed E-state index contributed by atoms with van der Waals surface area (Å²) in [6, 6.07) is 5.17. The van der Waals surface area contributed by atoms with Gasteiger partial charge in [0.25, 0.3) is 0 Å². The van der Waals surface area contributed by atoms with Gasteiger partial charge in [-0.25, -0.2) is 4.39 Å². The van der Waals surface area contributed by atoms with E-state index in [9.17, 15) is 4.39 Å². The maximum Gasteiger partial charge on any atom is 0.145 e. The zero-order chi connectivity index (χ0) is 13.2. The van der Waals surface area contributed by atoms with Gasteiger partial charge in [0.15, 0.2) is 0 Å². The average Bonchev–Trinajstić information content (AvgIpc) is 2.48. The first-order chi connectivity index (χ1) is 8.50. The Morgan fingerprint density at radius 1 is 1.39 bits per heavy atom. The van der Waals surface area contributed by atoms with Crippen molar-refractivity contribution < 1.29 is 4.39 Å². The minimum atomic E-state index is -0.304. The number of hydrogen-bond acceptors (Lipinski definition) is 1. The SMILES string of the molecule is CC1CCCC(N)(Cc2cccc(Cl)c2F)CC1. The Bertz CT molecular complexity index is 421. The predicted molar refractivity (Wildman–Crippen MR) is 74.3 cm³/mol. The average molecular weight is 270 g/mol. The Morgan fingerprint density at radius 3 is 2.94 bits per heavy atom. The van der Waals surface area contributed by atoms with Crippen LogP contribution in [0.1, 0.15) is 44.6 Å². The fourth-order valence-electron chi connectivity index (χ4n) is 2.85. The van der Waals surface area contributed by atoms with E-state index in [2.05, 4.69) is 6.92 Å². The molecule has 2 rings (SSSR count). The van der Waals surface area contributed by atoms with Crippen LogP contribution < -0.4 is 5.73 Å². The molecule has 1 aliphatic rings. The van der Waals surface area contributed by atoms with Crippen LogP contribution in [0.4, 0.5) is 4.39 Å². The van der Waals surface area contributed by atoms with Crippen molar-refractivity contribution in [2.24, 2.45) is 11.7 Å². The van der Waals surface area contributed by atoms with Gasteiger partial charge in [0.05, 0.1) is 5.02 Å². The van der Waals surface area contributed by atoms with Crippen molar-refractivity contribution >= 4 is 11.6 Å². The number of benzene rings is 1. The van der Waals surface area contributed by atoms with E-state index in [1.165, 1.54) is 6.42 Å². The van der Waals surface area contributed by atoms with Crippen LogP contribution in [0, 0.1) is 11.7 Å². The highest BCUT2D eigenvalue weighted by atomic mass is 35.5. The van der Waals surface area contributed by atoms with E-state index >= 15 is 0 Å². The fraction of sp³-hybridized carbons (Fsp3) is 0.600. The van der Waals surface area contributed by atoms with Crippen LogP contribution in [0.2, 0.25) is 5.02 Å². The number of hydrogen-bond donors (Lipinski definition) is 1. The first kappa shape index (κ1) is 13.8. The van der Waals surface area contributed by atoms with Crippen LogP contribution in [-0.4, -0.2) is 5.54 Å². The van der Waals surface area contributed by atoms with Gasteiger partial charge >= 0.3 is 0 Å². The lowest BCUT2D eigenvalue weighted by Gasteiger charge is -2.28. The lowest BCUT2D eigenvalue weighted by Crippen LogP contribution is -2.41. The third-order valence-electron chi connectivity index (χ3n) is 4.08. The zero-order valence-corrected chi connectivity index (χ0v) is 11.6. The normalized spacial score (nSPS) is 29.0. The van der Waals surface area contributed by atoms with E-state index in [1.807, 2.05) is 0 Å². The summed E-state index contributed by atoms with van der Waals surface area (Å²) in [6.45, 7) is 2.27.